The Labute approximate surface area is 81.6 Å². The fourth-order valence-corrected chi connectivity index (χ4v) is 0.988. The highest BCUT2D eigenvalue weighted by Gasteiger charge is 2.17. The zero-order chi connectivity index (χ0) is 10.3. The molecule has 0 saturated carbocycles. The van der Waals surface area contributed by atoms with E-state index in [1.165, 1.54) is 0 Å². The van der Waals surface area contributed by atoms with Crippen molar-refractivity contribution in [1.82, 2.24) is 0 Å². The summed E-state index contributed by atoms with van der Waals surface area (Å²) in [5.74, 6) is 0. The van der Waals surface area contributed by atoms with E-state index < -0.39 is 0 Å². The summed E-state index contributed by atoms with van der Waals surface area (Å²) in [6.45, 7) is 7.55. The van der Waals surface area contributed by atoms with Crippen LogP contribution in [0.2, 0.25) is 0 Å². The minimum Gasteiger partial charge on any atom is -0.385 e. The molecule has 0 spiro atoms. The molecule has 0 heterocycles. The molecule has 0 rings (SSSR count). The van der Waals surface area contributed by atoms with Gasteiger partial charge in [-0.05, 0) is 33.6 Å². The second-order valence-electron chi connectivity index (χ2n) is 4.07. The lowest BCUT2D eigenvalue weighted by Gasteiger charge is -2.24. The van der Waals surface area contributed by atoms with Crippen molar-refractivity contribution in [2.75, 3.05) is 20.3 Å². The summed E-state index contributed by atoms with van der Waals surface area (Å²) in [6, 6.07) is 0. The van der Waals surface area contributed by atoms with Gasteiger partial charge in [0.1, 0.15) is 0 Å². The molecule has 1 unspecified atom stereocenters. The molecule has 0 bridgehead atoms. The Balaban J connectivity index is 3.50. The van der Waals surface area contributed by atoms with Crippen LogP contribution < -0.4 is 5.73 Å². The van der Waals surface area contributed by atoms with E-state index in [0.29, 0.717) is 12.7 Å². The van der Waals surface area contributed by atoms with Crippen LogP contribution in [-0.4, -0.2) is 32.0 Å². The Kier molecular flexibility index (Phi) is 6.29. The summed E-state index contributed by atoms with van der Waals surface area (Å²) in [4.78, 5) is 0. The van der Waals surface area contributed by atoms with Crippen molar-refractivity contribution >= 4 is 0 Å². The maximum Gasteiger partial charge on any atom is 0.0518 e. The van der Waals surface area contributed by atoms with Gasteiger partial charge in [0.15, 0.2) is 0 Å². The van der Waals surface area contributed by atoms with E-state index in [9.17, 15) is 0 Å². The third-order valence-electron chi connectivity index (χ3n) is 2.00. The molecule has 0 aromatic carbocycles. The first kappa shape index (κ1) is 12.9. The van der Waals surface area contributed by atoms with Gasteiger partial charge in [-0.2, -0.15) is 0 Å². The second kappa shape index (κ2) is 6.35. The van der Waals surface area contributed by atoms with Crippen LogP contribution in [0.1, 0.15) is 33.6 Å². The lowest BCUT2D eigenvalue weighted by molar-refractivity contribution is 0.0616. The maximum absolute atomic E-state index is 6.03. The second-order valence-corrected chi connectivity index (χ2v) is 4.07. The Morgan fingerprint density at radius 2 is 1.77 bits per heavy atom. The summed E-state index contributed by atoms with van der Waals surface area (Å²) in [5, 5.41) is 0. The van der Waals surface area contributed by atoms with Crippen LogP contribution in [0, 0.1) is 0 Å². The Hall–Kier alpha value is -0.120. The van der Waals surface area contributed by atoms with Crippen LogP contribution in [0.5, 0.6) is 0 Å². The van der Waals surface area contributed by atoms with Crippen molar-refractivity contribution in [1.29, 1.82) is 0 Å². The van der Waals surface area contributed by atoms with Gasteiger partial charge in [-0.15, -0.1) is 0 Å². The predicted octanol–water partition coefficient (Wildman–Crippen LogP) is 1.56. The van der Waals surface area contributed by atoms with Crippen molar-refractivity contribution in [3.63, 3.8) is 0 Å². The third-order valence-corrected chi connectivity index (χ3v) is 2.00. The molecule has 3 nitrogen and oxygen atoms in total. The molecule has 0 aliphatic rings. The van der Waals surface area contributed by atoms with Gasteiger partial charge < -0.3 is 15.2 Å². The number of rotatable bonds is 7. The summed E-state index contributed by atoms with van der Waals surface area (Å²) < 4.78 is 10.4. The third kappa shape index (κ3) is 8.22. The van der Waals surface area contributed by atoms with Crippen LogP contribution in [0.4, 0.5) is 0 Å². The highest BCUT2D eigenvalue weighted by atomic mass is 16.5. The smallest absolute Gasteiger partial charge is 0.0518 e. The van der Waals surface area contributed by atoms with Crippen molar-refractivity contribution < 1.29 is 9.47 Å². The predicted molar refractivity (Wildman–Crippen MR) is 54.8 cm³/mol. The average Bonchev–Trinajstić information content (AvgIpc) is 2.00. The number of hydrogen-bond donors (Lipinski definition) is 1. The topological polar surface area (TPSA) is 44.5 Å². The van der Waals surface area contributed by atoms with E-state index in [1.54, 1.807) is 7.11 Å². The first-order valence-corrected chi connectivity index (χ1v) is 4.87. The van der Waals surface area contributed by atoms with E-state index in [4.69, 9.17) is 15.2 Å². The number of methoxy groups -OCH3 is 1. The van der Waals surface area contributed by atoms with Gasteiger partial charge in [0.2, 0.25) is 0 Å². The Bertz CT molecular complexity index is 124. The number of ether oxygens (including phenoxy) is 2. The van der Waals surface area contributed by atoms with Gasteiger partial charge in [-0.25, -0.2) is 0 Å². The minimum atomic E-state index is -0.162. The van der Waals surface area contributed by atoms with Crippen LogP contribution in [0.15, 0.2) is 0 Å². The monoisotopic (exact) mass is 189 g/mol. The highest BCUT2D eigenvalue weighted by Crippen LogP contribution is 2.11. The molecule has 0 saturated heterocycles. The van der Waals surface area contributed by atoms with Gasteiger partial charge in [0.05, 0.1) is 6.10 Å². The van der Waals surface area contributed by atoms with E-state index in [-0.39, 0.29) is 5.54 Å². The van der Waals surface area contributed by atoms with Crippen LogP contribution in [-0.2, 0) is 9.47 Å². The summed E-state index contributed by atoms with van der Waals surface area (Å²) >= 11 is 0. The number of hydrogen-bond acceptors (Lipinski definition) is 3. The van der Waals surface area contributed by atoms with E-state index in [0.717, 1.165) is 19.4 Å². The Morgan fingerprint density at radius 1 is 1.23 bits per heavy atom. The molecule has 3 heteroatoms. The van der Waals surface area contributed by atoms with Crippen molar-refractivity contribution in [3.05, 3.63) is 0 Å². The van der Waals surface area contributed by atoms with Gasteiger partial charge in [-0.1, -0.05) is 0 Å². The minimum absolute atomic E-state index is 0.162. The lowest BCUT2D eigenvalue weighted by atomic mass is 9.96. The van der Waals surface area contributed by atoms with Crippen LogP contribution in [0.3, 0.4) is 0 Å². The summed E-state index contributed by atoms with van der Waals surface area (Å²) in [5.41, 5.74) is 5.87. The zero-order valence-electron chi connectivity index (χ0n) is 9.30. The van der Waals surface area contributed by atoms with Gasteiger partial charge >= 0.3 is 0 Å². The molecule has 0 aromatic heterocycles. The summed E-state index contributed by atoms with van der Waals surface area (Å²) in [6.07, 6.45) is 2.05. The molecule has 0 fully saturated rings. The fourth-order valence-electron chi connectivity index (χ4n) is 0.988. The first-order valence-electron chi connectivity index (χ1n) is 4.87. The quantitative estimate of drug-likeness (QED) is 0.661. The van der Waals surface area contributed by atoms with Crippen LogP contribution in [0.25, 0.3) is 0 Å². The standard InChI is InChI=1S/C10H23NO2/c1-9(2)13-8-6-10(3,11)5-7-12-4/h9H,5-8,11H2,1-4H3. The maximum atomic E-state index is 6.03. The highest BCUT2D eigenvalue weighted by molar-refractivity contribution is 4.77. The molecular weight excluding hydrogens is 166 g/mol. The molecular formula is C10H23NO2. The van der Waals surface area contributed by atoms with E-state index in [1.807, 2.05) is 20.8 Å². The SMILES string of the molecule is COCCC(C)(N)CCOC(C)C. The van der Waals surface area contributed by atoms with E-state index in [2.05, 4.69) is 0 Å². The summed E-state index contributed by atoms with van der Waals surface area (Å²) in [7, 11) is 1.70. The van der Waals surface area contributed by atoms with Gasteiger partial charge in [-0.3, -0.25) is 0 Å². The molecule has 0 radical (unpaired) electrons. The first-order chi connectivity index (χ1) is 5.98. The molecule has 0 aromatic rings. The number of nitrogens with two attached hydrogens (primary N) is 1. The zero-order valence-corrected chi connectivity index (χ0v) is 9.30. The van der Waals surface area contributed by atoms with Crippen molar-refractivity contribution in [2.45, 2.75) is 45.3 Å². The molecule has 0 aliphatic carbocycles. The van der Waals surface area contributed by atoms with Crippen molar-refractivity contribution in [3.8, 4) is 0 Å². The molecule has 0 aliphatic heterocycles. The fraction of sp³-hybridized carbons (Fsp3) is 1.00. The van der Waals surface area contributed by atoms with E-state index >= 15 is 0 Å². The molecule has 80 valence electrons. The molecule has 0 amide bonds. The Morgan fingerprint density at radius 3 is 2.23 bits per heavy atom. The van der Waals surface area contributed by atoms with Crippen LogP contribution >= 0.6 is 0 Å². The largest absolute Gasteiger partial charge is 0.385 e. The lowest BCUT2D eigenvalue weighted by Crippen LogP contribution is -2.38. The molecule has 1 atom stereocenters. The van der Waals surface area contributed by atoms with Gasteiger partial charge in [0.25, 0.3) is 0 Å². The normalized spacial score (nSPS) is 16.2. The van der Waals surface area contributed by atoms with Crippen molar-refractivity contribution in [2.24, 2.45) is 5.73 Å². The average molecular weight is 189 g/mol. The molecule has 13 heavy (non-hydrogen) atoms. The molecule has 2 N–H and O–H groups in total. The van der Waals surface area contributed by atoms with Gasteiger partial charge in [0, 0.05) is 25.9 Å².